The number of halogens is 1. The van der Waals surface area contributed by atoms with Gasteiger partial charge in [-0.3, -0.25) is 14.6 Å². The van der Waals surface area contributed by atoms with Gasteiger partial charge in [-0.15, -0.1) is 0 Å². The Bertz CT molecular complexity index is 1780. The van der Waals surface area contributed by atoms with Crippen molar-refractivity contribution in [3.05, 3.63) is 70.3 Å². The number of likely N-dealkylation sites (tertiary alicyclic amines) is 2. The highest BCUT2D eigenvalue weighted by Crippen LogP contribution is 2.49. The van der Waals surface area contributed by atoms with Crippen molar-refractivity contribution >= 4 is 33.2 Å². The third kappa shape index (κ3) is 6.18. The van der Waals surface area contributed by atoms with Gasteiger partial charge in [0, 0.05) is 54.3 Å². The van der Waals surface area contributed by atoms with E-state index in [-0.39, 0.29) is 5.41 Å². The molecule has 50 heavy (non-hydrogen) atoms. The van der Waals surface area contributed by atoms with E-state index >= 15 is 0 Å². The number of anilines is 1. The van der Waals surface area contributed by atoms with Crippen molar-refractivity contribution in [3.8, 4) is 5.75 Å². The summed E-state index contributed by atoms with van der Waals surface area (Å²) in [6, 6.07) is 11.8. The van der Waals surface area contributed by atoms with Crippen molar-refractivity contribution in [1.82, 2.24) is 14.5 Å². The largest absolute Gasteiger partial charge is 0.490 e. The molecule has 4 heterocycles. The van der Waals surface area contributed by atoms with Gasteiger partial charge < -0.3 is 9.64 Å². The average Bonchev–Trinajstić information content (AvgIpc) is 3.37. The van der Waals surface area contributed by atoms with Crippen molar-refractivity contribution in [3.63, 3.8) is 0 Å². The van der Waals surface area contributed by atoms with E-state index in [1.54, 1.807) is 13.0 Å². The number of nitrogens with zero attached hydrogens (tertiary/aromatic N) is 3. The molecular formula is C40H53ClN4O4S. The number of aryl methyl sites for hydroxylation is 1. The van der Waals surface area contributed by atoms with Gasteiger partial charge in [-0.25, -0.2) is 13.1 Å². The van der Waals surface area contributed by atoms with Crippen LogP contribution in [-0.4, -0.2) is 87.8 Å². The number of hydrogen-bond acceptors (Lipinski definition) is 7. The van der Waals surface area contributed by atoms with E-state index in [2.05, 4.69) is 45.2 Å². The van der Waals surface area contributed by atoms with Gasteiger partial charge in [-0.2, -0.15) is 0 Å². The monoisotopic (exact) mass is 720 g/mol. The van der Waals surface area contributed by atoms with Crippen molar-refractivity contribution in [2.45, 2.75) is 87.3 Å². The standard InChI is InChI=1S/C40H53ClN4O4S/c1-27-7-4-8-31(21-44-24-40(25-44)17-6-18-43(40)3)34-13-10-32(34)22-45-23-39(16-5-9-29-19-33(41)12-14-35(29)39)26-49-37-15-11-30(20-36(37)45)38(46)42-50(47,48)28(27)2/h11-12,14-15,19-20,28,31-32,34H,1,4-10,13,16-18,21-26H2,2-3H3,(H,42,46)/t28-,31-,32+,34+,39+/m1/s1. The predicted molar refractivity (Wildman–Crippen MR) is 200 cm³/mol. The minimum atomic E-state index is -3.96. The fraction of sp³-hybridized carbons (Fsp3) is 0.625. The Morgan fingerprint density at radius 1 is 1.02 bits per heavy atom. The van der Waals surface area contributed by atoms with Crippen LogP contribution in [0.5, 0.6) is 5.75 Å². The molecule has 0 radical (unpaired) electrons. The number of fused-ring (bicyclic) bond motifs is 4. The van der Waals surface area contributed by atoms with Crippen LogP contribution in [0.1, 0.15) is 86.2 Å². The van der Waals surface area contributed by atoms with Gasteiger partial charge in [0.2, 0.25) is 10.0 Å². The topological polar surface area (TPSA) is 82.2 Å². The molecule has 1 N–H and O–H groups in total. The lowest BCUT2D eigenvalue weighted by Crippen LogP contribution is -2.67. The van der Waals surface area contributed by atoms with Crippen LogP contribution in [-0.2, 0) is 21.9 Å². The average molecular weight is 721 g/mol. The first kappa shape index (κ1) is 34.5. The van der Waals surface area contributed by atoms with E-state index in [4.69, 9.17) is 16.3 Å². The summed E-state index contributed by atoms with van der Waals surface area (Å²) in [5.41, 5.74) is 4.64. The van der Waals surface area contributed by atoms with Crippen LogP contribution in [0.2, 0.25) is 5.02 Å². The zero-order valence-electron chi connectivity index (χ0n) is 29.8. The molecule has 8 rings (SSSR count). The van der Waals surface area contributed by atoms with E-state index in [9.17, 15) is 13.2 Å². The third-order valence-corrected chi connectivity index (χ3v) is 15.6. The van der Waals surface area contributed by atoms with Crippen molar-refractivity contribution in [1.29, 1.82) is 0 Å². The summed E-state index contributed by atoms with van der Waals surface area (Å²) in [5.74, 6) is 1.82. The highest BCUT2D eigenvalue weighted by molar-refractivity contribution is 7.90. The number of likely N-dealkylation sites (N-methyl/N-ethyl adjacent to an activating group) is 1. The minimum absolute atomic E-state index is 0.211. The number of carbonyl (C=O) groups is 1. The number of sulfonamides is 1. The highest BCUT2D eigenvalue weighted by atomic mass is 35.5. The van der Waals surface area contributed by atoms with Gasteiger partial charge in [0.15, 0.2) is 0 Å². The predicted octanol–water partition coefficient (Wildman–Crippen LogP) is 6.42. The van der Waals surface area contributed by atoms with Crippen molar-refractivity contribution < 1.29 is 17.9 Å². The number of amides is 1. The highest BCUT2D eigenvalue weighted by Gasteiger charge is 2.50. The maximum atomic E-state index is 13.6. The van der Waals surface area contributed by atoms with E-state index in [0.717, 1.165) is 81.3 Å². The molecule has 2 aliphatic carbocycles. The number of rotatable bonds is 2. The second-order valence-electron chi connectivity index (χ2n) is 16.6. The van der Waals surface area contributed by atoms with E-state index < -0.39 is 21.2 Å². The Morgan fingerprint density at radius 2 is 1.86 bits per heavy atom. The quantitative estimate of drug-likeness (QED) is 0.359. The number of hydrogen-bond donors (Lipinski definition) is 1. The van der Waals surface area contributed by atoms with Crippen LogP contribution in [0.4, 0.5) is 5.69 Å². The number of benzene rings is 2. The van der Waals surface area contributed by atoms with Gasteiger partial charge in [-0.1, -0.05) is 29.8 Å². The molecule has 0 unspecified atom stereocenters. The molecule has 4 aliphatic heterocycles. The molecule has 5 atom stereocenters. The Labute approximate surface area is 303 Å². The molecule has 1 amide bonds. The molecule has 0 aromatic heterocycles. The molecule has 2 aromatic rings. The summed E-state index contributed by atoms with van der Waals surface area (Å²) < 4.78 is 36.0. The normalized spacial score (nSPS) is 32.7. The molecule has 2 saturated heterocycles. The second-order valence-corrected chi connectivity index (χ2v) is 19.1. The molecule has 3 fully saturated rings. The number of nitrogens with one attached hydrogen (secondary N) is 1. The zero-order chi connectivity index (χ0) is 34.8. The SMILES string of the molecule is C=C1CCC[C@H](CN2CC3(CCCN3C)C2)[C@@H]2CC[C@H]2CN2C[C@@]3(CCCc4cc(Cl)ccc43)COc3ccc(cc32)C(=O)NS(=O)(=O)[C@@H]1C. The van der Waals surface area contributed by atoms with Crippen molar-refractivity contribution in [2.24, 2.45) is 17.8 Å². The summed E-state index contributed by atoms with van der Waals surface area (Å²) >= 11 is 6.49. The van der Waals surface area contributed by atoms with Crippen LogP contribution in [0.15, 0.2) is 48.6 Å². The lowest BCUT2D eigenvalue weighted by Gasteiger charge is -2.54. The molecule has 10 heteroatoms. The zero-order valence-corrected chi connectivity index (χ0v) is 31.3. The minimum Gasteiger partial charge on any atom is -0.490 e. The van der Waals surface area contributed by atoms with Gasteiger partial charge in [0.25, 0.3) is 5.91 Å². The molecule has 2 spiro atoms. The van der Waals surface area contributed by atoms with Crippen molar-refractivity contribution in [2.75, 3.05) is 57.8 Å². The fourth-order valence-corrected chi connectivity index (χ4v) is 11.7. The molecule has 2 aromatic carbocycles. The van der Waals surface area contributed by atoms with Gasteiger partial charge in [0.05, 0.1) is 17.5 Å². The van der Waals surface area contributed by atoms with Crippen LogP contribution < -0.4 is 14.4 Å². The first-order valence-electron chi connectivity index (χ1n) is 18.9. The Hall–Kier alpha value is -2.59. The maximum absolute atomic E-state index is 13.6. The van der Waals surface area contributed by atoms with Crippen LogP contribution >= 0.6 is 11.6 Å². The maximum Gasteiger partial charge on any atom is 0.264 e. The van der Waals surface area contributed by atoms with Crippen LogP contribution in [0.25, 0.3) is 0 Å². The molecule has 270 valence electrons. The lowest BCUT2D eigenvalue weighted by molar-refractivity contribution is -0.0411. The number of ether oxygens (including phenoxy) is 1. The second kappa shape index (κ2) is 13.1. The molecular weight excluding hydrogens is 668 g/mol. The molecule has 6 aliphatic rings. The smallest absolute Gasteiger partial charge is 0.264 e. The Balaban J connectivity index is 1.14. The lowest BCUT2D eigenvalue weighted by atomic mass is 9.64. The summed E-state index contributed by atoms with van der Waals surface area (Å²) in [7, 11) is -1.66. The third-order valence-electron chi connectivity index (χ3n) is 13.7. The van der Waals surface area contributed by atoms with E-state index in [0.29, 0.717) is 47.5 Å². The molecule has 2 bridgehead atoms. The molecule has 8 nitrogen and oxygen atoms in total. The first-order valence-corrected chi connectivity index (χ1v) is 20.9. The van der Waals surface area contributed by atoms with E-state index in [1.807, 2.05) is 18.2 Å². The van der Waals surface area contributed by atoms with Gasteiger partial charge in [-0.05, 0) is 144 Å². The number of carbonyl (C=O) groups excluding carboxylic acids is 1. The Morgan fingerprint density at radius 3 is 2.62 bits per heavy atom. The first-order chi connectivity index (χ1) is 24.0. The van der Waals surface area contributed by atoms with Crippen LogP contribution in [0, 0.1) is 17.8 Å². The van der Waals surface area contributed by atoms with E-state index in [1.165, 1.54) is 43.4 Å². The van der Waals surface area contributed by atoms with Crippen LogP contribution in [0.3, 0.4) is 0 Å². The van der Waals surface area contributed by atoms with Gasteiger partial charge in [0.1, 0.15) is 5.75 Å². The summed E-state index contributed by atoms with van der Waals surface area (Å²) in [5, 5.41) is -0.0917. The summed E-state index contributed by atoms with van der Waals surface area (Å²) in [6.07, 6.45) is 10.7. The Kier molecular flexibility index (Phi) is 9.05. The summed E-state index contributed by atoms with van der Waals surface area (Å²) in [4.78, 5) is 21.3. The summed E-state index contributed by atoms with van der Waals surface area (Å²) in [6.45, 7) is 12.7. The van der Waals surface area contributed by atoms with Gasteiger partial charge >= 0.3 is 0 Å². The molecule has 1 saturated carbocycles. The fourth-order valence-electron chi connectivity index (χ4n) is 10.4.